The summed E-state index contributed by atoms with van der Waals surface area (Å²) in [5.74, 6) is 1.09. The van der Waals surface area contributed by atoms with Crippen molar-refractivity contribution >= 4 is 23.2 Å². The van der Waals surface area contributed by atoms with Gasteiger partial charge in [0.1, 0.15) is 18.1 Å². The highest BCUT2D eigenvalue weighted by molar-refractivity contribution is 6.30. The summed E-state index contributed by atoms with van der Waals surface area (Å²) >= 11 is 5.94. The van der Waals surface area contributed by atoms with Gasteiger partial charge in [-0.25, -0.2) is 0 Å². The Hall–Kier alpha value is -2.28. The van der Waals surface area contributed by atoms with Gasteiger partial charge in [-0.05, 0) is 36.8 Å². The number of amides is 1. The highest BCUT2D eigenvalue weighted by atomic mass is 35.5. The maximum Gasteiger partial charge on any atom is 0.262 e. The van der Waals surface area contributed by atoms with Crippen molar-refractivity contribution in [2.45, 2.75) is 19.1 Å². The third-order valence-corrected chi connectivity index (χ3v) is 4.21. The van der Waals surface area contributed by atoms with E-state index in [4.69, 9.17) is 21.1 Å². The quantitative estimate of drug-likeness (QED) is 0.692. The Labute approximate surface area is 157 Å². The average molecular weight is 377 g/mol. The molecule has 0 fully saturated rings. The summed E-state index contributed by atoms with van der Waals surface area (Å²) in [5, 5.41) is 16.8. The Morgan fingerprint density at radius 1 is 1.35 bits per heavy atom. The molecule has 138 valence electrons. The molecule has 0 saturated carbocycles. The normalized spacial score (nSPS) is 15.4. The zero-order chi connectivity index (χ0) is 18.5. The second-order valence-corrected chi connectivity index (χ2v) is 6.62. The number of carbonyl (C=O) groups is 1. The average Bonchev–Trinajstić information content (AvgIpc) is 2.64. The summed E-state index contributed by atoms with van der Waals surface area (Å²) in [4.78, 5) is 11.4. The number of hydrogen-bond acceptors (Lipinski definition) is 5. The number of anilines is 1. The molecular weight excluding hydrogens is 356 g/mol. The number of carbonyl (C=O) groups excluding carboxylic acids is 1. The Bertz CT molecular complexity index is 784. The van der Waals surface area contributed by atoms with Gasteiger partial charge >= 0.3 is 0 Å². The van der Waals surface area contributed by atoms with Crippen molar-refractivity contribution < 1.29 is 19.4 Å². The number of aliphatic hydroxyl groups is 1. The largest absolute Gasteiger partial charge is 0.492 e. The topological polar surface area (TPSA) is 79.8 Å². The minimum Gasteiger partial charge on any atom is -0.492 e. The van der Waals surface area contributed by atoms with E-state index in [9.17, 15) is 9.90 Å². The van der Waals surface area contributed by atoms with Crippen molar-refractivity contribution in [3.63, 3.8) is 0 Å². The lowest BCUT2D eigenvalue weighted by Gasteiger charge is -2.20. The molecule has 0 spiro atoms. The molecule has 3 rings (SSSR count). The number of fused-ring (bicyclic) bond motifs is 1. The molecule has 1 amide bonds. The van der Waals surface area contributed by atoms with E-state index < -0.39 is 6.10 Å². The first-order chi connectivity index (χ1) is 12.5. The van der Waals surface area contributed by atoms with Crippen LogP contribution < -0.4 is 20.1 Å². The minimum absolute atomic E-state index is 0.0192. The summed E-state index contributed by atoms with van der Waals surface area (Å²) in [6.45, 7) is 2.80. The Morgan fingerprint density at radius 2 is 2.19 bits per heavy atom. The lowest BCUT2D eigenvalue weighted by atomic mass is 10.1. The molecule has 1 aliphatic heterocycles. The molecule has 26 heavy (non-hydrogen) atoms. The molecule has 0 aliphatic carbocycles. The minimum atomic E-state index is -0.646. The summed E-state index contributed by atoms with van der Waals surface area (Å²) in [7, 11) is 0. The van der Waals surface area contributed by atoms with Crippen LogP contribution in [-0.2, 0) is 4.79 Å². The number of nitrogens with one attached hydrogen (secondary N) is 2. The van der Waals surface area contributed by atoms with Crippen LogP contribution in [0.3, 0.4) is 0 Å². The highest BCUT2D eigenvalue weighted by Crippen LogP contribution is 2.31. The van der Waals surface area contributed by atoms with Crippen LogP contribution in [0.25, 0.3) is 0 Å². The van der Waals surface area contributed by atoms with Gasteiger partial charge in [0.15, 0.2) is 6.61 Å². The number of halogens is 1. The molecule has 0 saturated heterocycles. The van der Waals surface area contributed by atoms with E-state index in [0.29, 0.717) is 35.4 Å². The Kier molecular flexibility index (Phi) is 5.98. The van der Waals surface area contributed by atoms with E-state index in [2.05, 4.69) is 10.6 Å². The standard InChI is InChI=1S/C19H21ClN2O4/c1-12(21-9-17(23)13-3-2-4-14(20)7-13)10-25-15-5-6-18-16(8-15)22-19(24)11-26-18/h2-8,12,17,21,23H,9-11H2,1H3,(H,22,24). The van der Waals surface area contributed by atoms with Crippen molar-refractivity contribution in [3.05, 3.63) is 53.1 Å². The Balaban J connectivity index is 1.47. The number of ether oxygens (including phenoxy) is 2. The summed E-state index contributed by atoms with van der Waals surface area (Å²) < 4.78 is 11.1. The van der Waals surface area contributed by atoms with Crippen molar-refractivity contribution in [2.24, 2.45) is 0 Å². The summed E-state index contributed by atoms with van der Waals surface area (Å²) in [6, 6.07) is 12.5. The first-order valence-corrected chi connectivity index (χ1v) is 8.75. The third-order valence-electron chi connectivity index (χ3n) is 3.98. The number of hydrogen-bond donors (Lipinski definition) is 3. The molecular formula is C19H21ClN2O4. The smallest absolute Gasteiger partial charge is 0.262 e. The van der Waals surface area contributed by atoms with Crippen LogP contribution in [-0.4, -0.2) is 36.8 Å². The second kappa shape index (κ2) is 8.40. The van der Waals surface area contributed by atoms with Gasteiger partial charge in [0.2, 0.25) is 0 Å². The predicted octanol–water partition coefficient (Wildman–Crippen LogP) is 2.76. The van der Waals surface area contributed by atoms with E-state index in [-0.39, 0.29) is 18.6 Å². The first kappa shape index (κ1) is 18.5. The molecule has 0 radical (unpaired) electrons. The number of benzene rings is 2. The van der Waals surface area contributed by atoms with Crippen LogP contribution in [0.2, 0.25) is 5.02 Å². The van der Waals surface area contributed by atoms with Crippen LogP contribution in [0.5, 0.6) is 11.5 Å². The molecule has 2 atom stereocenters. The molecule has 3 N–H and O–H groups in total. The van der Waals surface area contributed by atoms with E-state index in [1.807, 2.05) is 19.1 Å². The molecule has 1 heterocycles. The molecule has 0 bridgehead atoms. The van der Waals surface area contributed by atoms with E-state index in [0.717, 1.165) is 5.56 Å². The highest BCUT2D eigenvalue weighted by Gasteiger charge is 2.16. The molecule has 2 aromatic carbocycles. The molecule has 2 aromatic rings. The van der Waals surface area contributed by atoms with Gasteiger partial charge in [0.05, 0.1) is 11.8 Å². The molecule has 7 heteroatoms. The van der Waals surface area contributed by atoms with Gasteiger partial charge in [0.25, 0.3) is 5.91 Å². The number of aliphatic hydroxyl groups excluding tert-OH is 1. The zero-order valence-corrected chi connectivity index (χ0v) is 15.1. The van der Waals surface area contributed by atoms with E-state index in [1.165, 1.54) is 0 Å². The van der Waals surface area contributed by atoms with Gasteiger partial charge in [-0.3, -0.25) is 4.79 Å². The maximum atomic E-state index is 11.4. The first-order valence-electron chi connectivity index (χ1n) is 8.37. The monoisotopic (exact) mass is 376 g/mol. The second-order valence-electron chi connectivity index (χ2n) is 6.19. The third kappa shape index (κ3) is 4.88. The fourth-order valence-corrected chi connectivity index (χ4v) is 2.78. The zero-order valence-electron chi connectivity index (χ0n) is 14.4. The van der Waals surface area contributed by atoms with Crippen molar-refractivity contribution in [1.29, 1.82) is 0 Å². The molecule has 0 aromatic heterocycles. The van der Waals surface area contributed by atoms with Crippen LogP contribution >= 0.6 is 11.6 Å². The van der Waals surface area contributed by atoms with Crippen molar-refractivity contribution in [1.82, 2.24) is 5.32 Å². The number of rotatable bonds is 7. The maximum absolute atomic E-state index is 11.4. The van der Waals surface area contributed by atoms with Gasteiger partial charge < -0.3 is 25.2 Å². The van der Waals surface area contributed by atoms with E-state index in [1.54, 1.807) is 30.3 Å². The molecule has 6 nitrogen and oxygen atoms in total. The van der Waals surface area contributed by atoms with Crippen LogP contribution in [0, 0.1) is 0 Å². The van der Waals surface area contributed by atoms with E-state index >= 15 is 0 Å². The van der Waals surface area contributed by atoms with Gasteiger partial charge in [-0.15, -0.1) is 0 Å². The Morgan fingerprint density at radius 3 is 3.00 bits per heavy atom. The fourth-order valence-electron chi connectivity index (χ4n) is 2.58. The van der Waals surface area contributed by atoms with Crippen molar-refractivity contribution in [3.8, 4) is 11.5 Å². The molecule has 2 unspecified atom stereocenters. The summed E-state index contributed by atoms with van der Waals surface area (Å²) in [5.41, 5.74) is 1.37. The van der Waals surface area contributed by atoms with Crippen molar-refractivity contribution in [2.75, 3.05) is 25.1 Å². The van der Waals surface area contributed by atoms with Crippen LogP contribution in [0.15, 0.2) is 42.5 Å². The van der Waals surface area contributed by atoms with Crippen LogP contribution in [0.1, 0.15) is 18.6 Å². The molecule has 1 aliphatic rings. The summed E-state index contributed by atoms with van der Waals surface area (Å²) in [6.07, 6.45) is -0.646. The SMILES string of the molecule is CC(COc1ccc2c(c1)NC(=O)CO2)NCC(O)c1cccc(Cl)c1. The van der Waals surface area contributed by atoms with Gasteiger partial charge in [-0.2, -0.15) is 0 Å². The fraction of sp³-hybridized carbons (Fsp3) is 0.316. The van der Waals surface area contributed by atoms with Crippen LogP contribution in [0.4, 0.5) is 5.69 Å². The lowest BCUT2D eigenvalue weighted by molar-refractivity contribution is -0.118. The predicted molar refractivity (Wildman–Crippen MR) is 99.9 cm³/mol. The van der Waals surface area contributed by atoms with Gasteiger partial charge in [-0.1, -0.05) is 23.7 Å². The van der Waals surface area contributed by atoms with Gasteiger partial charge in [0, 0.05) is 23.7 Å². The lowest BCUT2D eigenvalue weighted by Crippen LogP contribution is -2.35.